The fraction of sp³-hybridized carbons (Fsp3) is 0.125. The molecule has 0 unspecified atom stereocenters. The Morgan fingerprint density at radius 3 is 2.65 bits per heavy atom. The monoisotopic (exact) mass is 394 g/mol. The smallest absolute Gasteiger partial charge is 0.341 e. The fourth-order valence-electron chi connectivity index (χ4n) is 2.22. The summed E-state index contributed by atoms with van der Waals surface area (Å²) in [6, 6.07) is 10.3. The lowest BCUT2D eigenvalue weighted by atomic mass is 10.3. The molecule has 0 saturated carbocycles. The molecule has 136 valence electrons. The Bertz CT molecular complexity index is 957. The van der Waals surface area contributed by atoms with Crippen LogP contribution in [0.15, 0.2) is 52.3 Å². The summed E-state index contributed by atoms with van der Waals surface area (Å²) in [7, 11) is -3.84. The van der Waals surface area contributed by atoms with Crippen molar-refractivity contribution in [3.05, 3.63) is 42.5 Å². The second-order valence-corrected chi connectivity index (χ2v) is 8.01. The van der Waals surface area contributed by atoms with Gasteiger partial charge in [0.1, 0.15) is 5.75 Å². The summed E-state index contributed by atoms with van der Waals surface area (Å²) < 4.78 is 32.4. The number of hydrogen-bond acceptors (Lipinski definition) is 6. The van der Waals surface area contributed by atoms with Crippen molar-refractivity contribution in [3.8, 4) is 5.75 Å². The van der Waals surface area contributed by atoms with Gasteiger partial charge in [0, 0.05) is 4.90 Å². The zero-order valence-corrected chi connectivity index (χ0v) is 14.9. The van der Waals surface area contributed by atoms with E-state index in [1.54, 1.807) is 18.2 Å². The predicted molar refractivity (Wildman–Crippen MR) is 96.2 cm³/mol. The minimum absolute atomic E-state index is 0.00342. The number of amides is 1. The Labute approximate surface area is 153 Å². The number of carboxylic acid groups (broad SMARTS) is 1. The van der Waals surface area contributed by atoms with E-state index in [0.29, 0.717) is 17.1 Å². The summed E-state index contributed by atoms with van der Waals surface area (Å²) in [6.45, 7) is -0.511. The highest BCUT2D eigenvalue weighted by molar-refractivity contribution is 8.00. The topological polar surface area (TPSA) is 122 Å². The average molecular weight is 394 g/mol. The van der Waals surface area contributed by atoms with Gasteiger partial charge in [-0.25, -0.2) is 13.2 Å². The molecule has 26 heavy (non-hydrogen) atoms. The van der Waals surface area contributed by atoms with Crippen LogP contribution in [0, 0.1) is 0 Å². The Balaban J connectivity index is 1.75. The lowest BCUT2D eigenvalue weighted by Crippen LogP contribution is -2.19. The first-order chi connectivity index (χ1) is 12.3. The maximum Gasteiger partial charge on any atom is 0.341 e. The van der Waals surface area contributed by atoms with Gasteiger partial charge in [-0.2, -0.15) is 0 Å². The minimum Gasteiger partial charge on any atom is -0.482 e. The molecule has 1 aliphatic rings. The molecular formula is C16H14N2O6S2. The largest absolute Gasteiger partial charge is 0.482 e. The second kappa shape index (κ2) is 7.26. The van der Waals surface area contributed by atoms with Crippen molar-refractivity contribution in [2.45, 2.75) is 9.79 Å². The van der Waals surface area contributed by atoms with Gasteiger partial charge in [-0.1, -0.05) is 0 Å². The van der Waals surface area contributed by atoms with Crippen molar-refractivity contribution in [1.82, 2.24) is 0 Å². The van der Waals surface area contributed by atoms with Gasteiger partial charge in [0.15, 0.2) is 6.61 Å². The number of hydrogen-bond donors (Lipinski definition) is 3. The highest BCUT2D eigenvalue weighted by Gasteiger charge is 2.18. The van der Waals surface area contributed by atoms with Crippen LogP contribution in [0.4, 0.5) is 11.4 Å². The molecular weight excluding hydrogens is 380 g/mol. The maximum atomic E-state index is 12.5. The molecule has 1 amide bonds. The number of sulfonamides is 1. The summed E-state index contributed by atoms with van der Waals surface area (Å²) in [5, 5.41) is 11.3. The van der Waals surface area contributed by atoms with E-state index in [1.165, 1.54) is 36.0 Å². The van der Waals surface area contributed by atoms with Crippen LogP contribution >= 0.6 is 11.8 Å². The molecule has 3 rings (SSSR count). The van der Waals surface area contributed by atoms with Crippen molar-refractivity contribution < 1.29 is 27.9 Å². The maximum absolute atomic E-state index is 12.5. The minimum atomic E-state index is -3.84. The molecule has 0 aliphatic carbocycles. The van der Waals surface area contributed by atoms with Crippen LogP contribution in [0.25, 0.3) is 0 Å². The normalized spacial score (nSPS) is 13.5. The van der Waals surface area contributed by atoms with Gasteiger partial charge in [0.05, 0.1) is 22.0 Å². The van der Waals surface area contributed by atoms with Crippen LogP contribution in [-0.2, 0) is 19.6 Å². The standard InChI is InChI=1S/C16H14N2O6S2/c19-15-9-25-14-6-1-10(7-13(14)17-15)18-26(22,23)12-4-2-11(3-5-12)24-8-16(20)21/h1-7,18H,8-9H2,(H,17,19)(H,20,21). The van der Waals surface area contributed by atoms with E-state index in [9.17, 15) is 18.0 Å². The number of nitrogens with one attached hydrogen (secondary N) is 2. The molecule has 2 aromatic rings. The molecule has 0 atom stereocenters. The number of rotatable bonds is 6. The van der Waals surface area contributed by atoms with Crippen molar-refractivity contribution in [3.63, 3.8) is 0 Å². The summed E-state index contributed by atoms with van der Waals surface area (Å²) >= 11 is 1.38. The predicted octanol–water partition coefficient (Wildman–Crippen LogP) is 1.99. The molecule has 10 heteroatoms. The third-order valence-corrected chi connectivity index (χ3v) is 5.83. The number of anilines is 2. The molecule has 0 radical (unpaired) electrons. The van der Waals surface area contributed by atoms with Crippen LogP contribution in [0.3, 0.4) is 0 Å². The lowest BCUT2D eigenvalue weighted by molar-refractivity contribution is -0.139. The molecule has 0 spiro atoms. The lowest BCUT2D eigenvalue weighted by Gasteiger charge is -2.17. The molecule has 1 aliphatic heterocycles. The van der Waals surface area contributed by atoms with Crippen molar-refractivity contribution in [1.29, 1.82) is 0 Å². The van der Waals surface area contributed by atoms with Crippen LogP contribution in [0.5, 0.6) is 5.75 Å². The van der Waals surface area contributed by atoms with Crippen molar-refractivity contribution in [2.75, 3.05) is 22.4 Å². The van der Waals surface area contributed by atoms with Crippen molar-refractivity contribution in [2.24, 2.45) is 0 Å². The summed E-state index contributed by atoms with van der Waals surface area (Å²) in [6.07, 6.45) is 0. The van der Waals surface area contributed by atoms with Gasteiger partial charge in [0.2, 0.25) is 5.91 Å². The molecule has 0 saturated heterocycles. The van der Waals surface area contributed by atoms with Gasteiger partial charge in [-0.3, -0.25) is 9.52 Å². The van der Waals surface area contributed by atoms with E-state index < -0.39 is 22.6 Å². The zero-order valence-electron chi connectivity index (χ0n) is 13.3. The quantitative estimate of drug-likeness (QED) is 0.685. The number of aliphatic carboxylic acids is 1. The second-order valence-electron chi connectivity index (χ2n) is 5.31. The highest BCUT2D eigenvalue weighted by atomic mass is 32.2. The van der Waals surface area contributed by atoms with Gasteiger partial charge >= 0.3 is 5.97 Å². The Morgan fingerprint density at radius 1 is 1.23 bits per heavy atom. The fourth-order valence-corrected chi connectivity index (χ4v) is 4.06. The Kier molecular flexibility index (Phi) is 5.05. The Hall–Kier alpha value is -2.72. The van der Waals surface area contributed by atoms with E-state index in [-0.39, 0.29) is 16.6 Å². The summed E-state index contributed by atoms with van der Waals surface area (Å²) in [5.74, 6) is -0.686. The molecule has 0 bridgehead atoms. The van der Waals surface area contributed by atoms with E-state index in [2.05, 4.69) is 10.0 Å². The number of thioether (sulfide) groups is 1. The molecule has 8 nitrogen and oxygen atoms in total. The van der Waals surface area contributed by atoms with Crippen LogP contribution < -0.4 is 14.8 Å². The number of carbonyl (C=O) groups is 2. The average Bonchev–Trinajstić information content (AvgIpc) is 2.59. The number of carboxylic acids is 1. The summed E-state index contributed by atoms with van der Waals surface area (Å²) in [5.41, 5.74) is 0.877. The van der Waals surface area contributed by atoms with E-state index in [1.807, 2.05) is 0 Å². The van der Waals surface area contributed by atoms with Gasteiger partial charge in [-0.05, 0) is 42.5 Å². The van der Waals surface area contributed by atoms with E-state index in [0.717, 1.165) is 4.90 Å². The van der Waals surface area contributed by atoms with E-state index >= 15 is 0 Å². The Morgan fingerprint density at radius 2 is 1.96 bits per heavy atom. The van der Waals surface area contributed by atoms with Gasteiger partial charge in [0.25, 0.3) is 10.0 Å². The number of benzene rings is 2. The molecule has 3 N–H and O–H groups in total. The zero-order chi connectivity index (χ0) is 18.7. The van der Waals surface area contributed by atoms with Crippen LogP contribution in [-0.4, -0.2) is 37.8 Å². The molecule has 0 aromatic heterocycles. The molecule has 1 heterocycles. The first-order valence-corrected chi connectivity index (χ1v) is 9.84. The third kappa shape index (κ3) is 4.27. The molecule has 0 fully saturated rings. The highest BCUT2D eigenvalue weighted by Crippen LogP contribution is 2.34. The first kappa shape index (κ1) is 18.1. The van der Waals surface area contributed by atoms with Crippen molar-refractivity contribution >= 4 is 45.0 Å². The van der Waals surface area contributed by atoms with Gasteiger partial charge in [-0.15, -0.1) is 11.8 Å². The summed E-state index contributed by atoms with van der Waals surface area (Å²) in [4.78, 5) is 22.8. The van der Waals surface area contributed by atoms with E-state index in [4.69, 9.17) is 9.84 Å². The number of fused-ring (bicyclic) bond motifs is 1. The van der Waals surface area contributed by atoms with Crippen LogP contribution in [0.2, 0.25) is 0 Å². The number of ether oxygens (including phenoxy) is 1. The SMILES string of the molecule is O=C(O)COc1ccc(S(=O)(=O)Nc2ccc3c(c2)NC(=O)CS3)cc1. The van der Waals surface area contributed by atoms with Gasteiger partial charge < -0.3 is 15.2 Å². The molecule has 2 aromatic carbocycles. The third-order valence-electron chi connectivity index (χ3n) is 3.36. The van der Waals surface area contributed by atoms with Crippen LogP contribution in [0.1, 0.15) is 0 Å². The first-order valence-electron chi connectivity index (χ1n) is 7.38. The number of carbonyl (C=O) groups excluding carboxylic acids is 1.